The highest BCUT2D eigenvalue weighted by Gasteiger charge is 2.06. The molecule has 6 nitrogen and oxygen atoms in total. The molecule has 0 heterocycles. The van der Waals surface area contributed by atoms with E-state index in [4.69, 9.17) is 4.74 Å². The van der Waals surface area contributed by atoms with Crippen LogP contribution in [0.3, 0.4) is 0 Å². The van der Waals surface area contributed by atoms with Crippen LogP contribution in [-0.2, 0) is 10.5 Å². The highest BCUT2D eigenvalue weighted by atomic mass is 32.2. The third kappa shape index (κ3) is 6.07. The summed E-state index contributed by atoms with van der Waals surface area (Å²) in [5.74, 6) is 1.75. The van der Waals surface area contributed by atoms with Crippen molar-refractivity contribution >= 4 is 23.4 Å². The summed E-state index contributed by atoms with van der Waals surface area (Å²) < 4.78 is 5.70. The molecule has 1 amide bonds. The molecule has 1 N–H and O–H groups in total. The normalized spacial score (nSPS) is 10.4. The van der Waals surface area contributed by atoms with Crippen LogP contribution in [0, 0.1) is 24.0 Å². The van der Waals surface area contributed by atoms with Gasteiger partial charge in [-0.2, -0.15) is 0 Å². The fourth-order valence-corrected chi connectivity index (χ4v) is 3.08. The zero-order valence-corrected chi connectivity index (χ0v) is 15.7. The monoisotopic (exact) mass is 374 g/mol. The summed E-state index contributed by atoms with van der Waals surface area (Å²) in [6.07, 6.45) is 0. The Kier molecular flexibility index (Phi) is 7.47. The smallest absolute Gasteiger partial charge is 0.269 e. The number of carbonyl (C=O) groups excluding carboxylic acids is 1. The lowest BCUT2D eigenvalue weighted by molar-refractivity contribution is -0.384. The van der Waals surface area contributed by atoms with Crippen molar-refractivity contribution in [3.8, 4) is 5.75 Å². The highest BCUT2D eigenvalue weighted by molar-refractivity contribution is 7.99. The van der Waals surface area contributed by atoms with Gasteiger partial charge in [0.05, 0.1) is 17.2 Å². The summed E-state index contributed by atoms with van der Waals surface area (Å²) in [6.45, 7) is 4.91. The molecule has 0 atom stereocenters. The molecule has 0 saturated carbocycles. The van der Waals surface area contributed by atoms with E-state index in [2.05, 4.69) is 5.32 Å². The number of rotatable bonds is 9. The lowest BCUT2D eigenvalue weighted by Gasteiger charge is -2.11. The van der Waals surface area contributed by atoms with Crippen molar-refractivity contribution < 1.29 is 14.5 Å². The summed E-state index contributed by atoms with van der Waals surface area (Å²) in [5, 5.41) is 13.4. The molecule has 138 valence electrons. The zero-order chi connectivity index (χ0) is 18.9. The number of nitrogens with one attached hydrogen (secondary N) is 1. The molecular formula is C19H22N2O4S. The van der Waals surface area contributed by atoms with Crippen LogP contribution >= 0.6 is 11.8 Å². The Hall–Kier alpha value is -2.54. The number of aryl methyl sites for hydroxylation is 1. The molecule has 2 aromatic rings. The number of benzene rings is 2. The van der Waals surface area contributed by atoms with E-state index in [-0.39, 0.29) is 11.6 Å². The minimum atomic E-state index is -0.426. The number of hydrogen-bond acceptors (Lipinski definition) is 5. The second-order valence-electron chi connectivity index (χ2n) is 5.81. The number of thioether (sulfide) groups is 1. The number of nitro groups is 1. The van der Waals surface area contributed by atoms with Gasteiger partial charge in [0.25, 0.3) is 5.69 Å². The summed E-state index contributed by atoms with van der Waals surface area (Å²) in [7, 11) is 0. The Bertz CT molecular complexity index is 763. The molecule has 0 radical (unpaired) electrons. The number of amides is 1. The number of ether oxygens (including phenoxy) is 1. The summed E-state index contributed by atoms with van der Waals surface area (Å²) in [5.41, 5.74) is 3.30. The van der Waals surface area contributed by atoms with E-state index in [1.165, 1.54) is 29.5 Å². The molecule has 0 fully saturated rings. The van der Waals surface area contributed by atoms with Crippen LogP contribution in [-0.4, -0.2) is 29.7 Å². The second-order valence-corrected chi connectivity index (χ2v) is 6.80. The Morgan fingerprint density at radius 3 is 2.62 bits per heavy atom. The molecule has 0 aliphatic carbocycles. The SMILES string of the molecule is Cc1cccc(OCCNC(=O)CSCc2ccc([N+](=O)[O-])cc2)c1C. The van der Waals surface area contributed by atoms with Crippen molar-refractivity contribution in [3.63, 3.8) is 0 Å². The molecule has 0 bridgehead atoms. The van der Waals surface area contributed by atoms with Gasteiger partial charge in [0.2, 0.25) is 5.91 Å². The molecule has 0 aliphatic rings. The van der Waals surface area contributed by atoms with Gasteiger partial charge in [-0.15, -0.1) is 11.8 Å². The van der Waals surface area contributed by atoms with Crippen molar-refractivity contribution in [3.05, 3.63) is 69.3 Å². The fourth-order valence-electron chi connectivity index (χ4n) is 2.26. The van der Waals surface area contributed by atoms with E-state index in [1.807, 2.05) is 32.0 Å². The van der Waals surface area contributed by atoms with E-state index in [0.717, 1.165) is 16.9 Å². The lowest BCUT2D eigenvalue weighted by Crippen LogP contribution is -2.29. The molecule has 0 unspecified atom stereocenters. The molecule has 0 aliphatic heterocycles. The Labute approximate surface area is 157 Å². The number of nitro benzene ring substituents is 1. The molecule has 26 heavy (non-hydrogen) atoms. The van der Waals surface area contributed by atoms with Gasteiger partial charge in [0.15, 0.2) is 0 Å². The molecule has 7 heteroatoms. The van der Waals surface area contributed by atoms with Crippen LogP contribution in [0.5, 0.6) is 5.75 Å². The molecule has 0 spiro atoms. The van der Waals surface area contributed by atoms with Gasteiger partial charge in [-0.25, -0.2) is 0 Å². The average molecular weight is 374 g/mol. The van der Waals surface area contributed by atoms with Gasteiger partial charge in [0.1, 0.15) is 12.4 Å². The first kappa shape index (κ1) is 19.8. The Balaban J connectivity index is 1.63. The van der Waals surface area contributed by atoms with Crippen LogP contribution in [0.2, 0.25) is 0 Å². The summed E-state index contributed by atoms with van der Waals surface area (Å²) in [4.78, 5) is 22.0. The molecule has 2 rings (SSSR count). The second kappa shape index (κ2) is 9.82. The van der Waals surface area contributed by atoms with Crippen molar-refractivity contribution in [2.24, 2.45) is 0 Å². The molecule has 2 aromatic carbocycles. The van der Waals surface area contributed by atoms with Gasteiger partial charge >= 0.3 is 0 Å². The maximum Gasteiger partial charge on any atom is 0.269 e. The minimum Gasteiger partial charge on any atom is -0.491 e. The first-order valence-corrected chi connectivity index (χ1v) is 9.39. The predicted molar refractivity (Wildman–Crippen MR) is 104 cm³/mol. The quantitative estimate of drug-likeness (QED) is 0.412. The maximum absolute atomic E-state index is 11.8. The highest BCUT2D eigenvalue weighted by Crippen LogP contribution is 2.20. The van der Waals surface area contributed by atoms with Gasteiger partial charge < -0.3 is 10.1 Å². The van der Waals surface area contributed by atoms with Gasteiger partial charge in [-0.3, -0.25) is 14.9 Å². The largest absolute Gasteiger partial charge is 0.491 e. The number of non-ortho nitro benzene ring substituents is 1. The van der Waals surface area contributed by atoms with Crippen LogP contribution < -0.4 is 10.1 Å². The van der Waals surface area contributed by atoms with Crippen molar-refractivity contribution in [2.75, 3.05) is 18.9 Å². The fraction of sp³-hybridized carbons (Fsp3) is 0.316. The number of nitrogens with zero attached hydrogens (tertiary/aromatic N) is 1. The van der Waals surface area contributed by atoms with E-state index in [0.29, 0.717) is 24.7 Å². The Morgan fingerprint density at radius 2 is 1.92 bits per heavy atom. The molecular weight excluding hydrogens is 352 g/mol. The van der Waals surface area contributed by atoms with E-state index < -0.39 is 4.92 Å². The zero-order valence-electron chi connectivity index (χ0n) is 14.9. The molecule has 0 saturated heterocycles. The number of carbonyl (C=O) groups is 1. The first-order chi connectivity index (χ1) is 12.5. The predicted octanol–water partition coefficient (Wildman–Crippen LogP) is 3.64. The van der Waals surface area contributed by atoms with E-state index >= 15 is 0 Å². The maximum atomic E-state index is 11.8. The minimum absolute atomic E-state index is 0.0542. The Morgan fingerprint density at radius 1 is 1.19 bits per heavy atom. The molecule has 0 aromatic heterocycles. The van der Waals surface area contributed by atoms with Gasteiger partial charge in [0, 0.05) is 17.9 Å². The van der Waals surface area contributed by atoms with E-state index in [9.17, 15) is 14.9 Å². The summed E-state index contributed by atoms with van der Waals surface area (Å²) in [6, 6.07) is 12.3. The topological polar surface area (TPSA) is 81.5 Å². The van der Waals surface area contributed by atoms with Crippen molar-refractivity contribution in [1.29, 1.82) is 0 Å². The third-order valence-corrected chi connectivity index (χ3v) is 4.89. The van der Waals surface area contributed by atoms with E-state index in [1.54, 1.807) is 12.1 Å². The van der Waals surface area contributed by atoms with Crippen LogP contribution in [0.25, 0.3) is 0 Å². The van der Waals surface area contributed by atoms with Gasteiger partial charge in [-0.1, -0.05) is 24.3 Å². The average Bonchev–Trinajstić information content (AvgIpc) is 2.62. The lowest BCUT2D eigenvalue weighted by atomic mass is 10.1. The number of hydrogen-bond donors (Lipinski definition) is 1. The summed E-state index contributed by atoms with van der Waals surface area (Å²) >= 11 is 1.46. The third-order valence-electron chi connectivity index (χ3n) is 3.89. The van der Waals surface area contributed by atoms with Gasteiger partial charge in [-0.05, 0) is 36.6 Å². The first-order valence-electron chi connectivity index (χ1n) is 8.24. The van der Waals surface area contributed by atoms with Crippen molar-refractivity contribution in [2.45, 2.75) is 19.6 Å². The van der Waals surface area contributed by atoms with Crippen LogP contribution in [0.4, 0.5) is 5.69 Å². The standard InChI is InChI=1S/C19H22N2O4S/c1-14-4-3-5-18(15(14)2)25-11-10-20-19(22)13-26-12-16-6-8-17(9-7-16)21(23)24/h3-9H,10-13H2,1-2H3,(H,20,22). The van der Waals surface area contributed by atoms with Crippen LogP contribution in [0.1, 0.15) is 16.7 Å². The van der Waals surface area contributed by atoms with Crippen LogP contribution in [0.15, 0.2) is 42.5 Å². The van der Waals surface area contributed by atoms with Crippen molar-refractivity contribution in [1.82, 2.24) is 5.32 Å².